The summed E-state index contributed by atoms with van der Waals surface area (Å²) in [5, 5.41) is 0. The van der Waals surface area contributed by atoms with Gasteiger partial charge in [-0.2, -0.15) is 0 Å². The van der Waals surface area contributed by atoms with Crippen molar-refractivity contribution in [3.05, 3.63) is 12.7 Å². The van der Waals surface area contributed by atoms with E-state index in [1.54, 1.807) is 0 Å². The topological polar surface area (TPSA) is 9.23 Å². The van der Waals surface area contributed by atoms with Crippen molar-refractivity contribution in [2.75, 3.05) is 0 Å². The smallest absolute Gasteiger partial charge is 0.172 e. The van der Waals surface area contributed by atoms with E-state index in [0.29, 0.717) is 0 Å². The highest BCUT2D eigenvalue weighted by molar-refractivity contribution is 6.48. The molecule has 0 aliphatic carbocycles. The SMILES string of the molecule is C=CC(C)(C)O[SiH](C)C. The maximum absolute atomic E-state index is 5.61. The van der Waals surface area contributed by atoms with Crippen molar-refractivity contribution in [2.24, 2.45) is 0 Å². The van der Waals surface area contributed by atoms with Crippen molar-refractivity contribution < 1.29 is 4.43 Å². The van der Waals surface area contributed by atoms with Crippen molar-refractivity contribution in [3.63, 3.8) is 0 Å². The fourth-order valence-electron chi connectivity index (χ4n) is 0.656. The first-order valence-electron chi connectivity index (χ1n) is 3.29. The third kappa shape index (κ3) is 4.42. The Morgan fingerprint density at radius 2 is 1.89 bits per heavy atom. The lowest BCUT2D eigenvalue weighted by atomic mass is 10.1. The summed E-state index contributed by atoms with van der Waals surface area (Å²) in [6.45, 7) is 12.1. The molecule has 0 aliphatic heterocycles. The number of hydrogen-bond donors (Lipinski definition) is 0. The van der Waals surface area contributed by atoms with Gasteiger partial charge in [0.15, 0.2) is 9.04 Å². The van der Waals surface area contributed by atoms with Crippen molar-refractivity contribution in [1.82, 2.24) is 0 Å². The van der Waals surface area contributed by atoms with Gasteiger partial charge < -0.3 is 4.43 Å². The van der Waals surface area contributed by atoms with Crippen LogP contribution in [0.2, 0.25) is 13.1 Å². The molecule has 0 atom stereocenters. The fraction of sp³-hybridized carbons (Fsp3) is 0.714. The van der Waals surface area contributed by atoms with Gasteiger partial charge in [0.25, 0.3) is 0 Å². The van der Waals surface area contributed by atoms with Gasteiger partial charge in [-0.1, -0.05) is 6.08 Å². The first-order valence-corrected chi connectivity index (χ1v) is 6.07. The quantitative estimate of drug-likeness (QED) is 0.434. The van der Waals surface area contributed by atoms with E-state index in [9.17, 15) is 0 Å². The molecule has 2 heteroatoms. The van der Waals surface area contributed by atoms with Crippen LogP contribution in [-0.2, 0) is 4.43 Å². The highest BCUT2D eigenvalue weighted by Crippen LogP contribution is 2.10. The van der Waals surface area contributed by atoms with E-state index in [0.717, 1.165) is 0 Å². The zero-order chi connectivity index (χ0) is 7.49. The molecule has 0 saturated carbocycles. The van der Waals surface area contributed by atoms with Gasteiger partial charge in [-0.15, -0.1) is 6.58 Å². The van der Waals surface area contributed by atoms with Gasteiger partial charge in [0, 0.05) is 0 Å². The predicted octanol–water partition coefficient (Wildman–Crippen LogP) is 1.95. The van der Waals surface area contributed by atoms with E-state index < -0.39 is 9.04 Å². The van der Waals surface area contributed by atoms with Crippen LogP contribution >= 0.6 is 0 Å². The molecule has 0 heterocycles. The molecule has 0 aliphatic rings. The van der Waals surface area contributed by atoms with E-state index in [1.807, 2.05) is 19.9 Å². The Labute approximate surface area is 59.5 Å². The second kappa shape index (κ2) is 3.18. The first kappa shape index (κ1) is 8.92. The average Bonchev–Trinajstić information content (AvgIpc) is 1.63. The van der Waals surface area contributed by atoms with Gasteiger partial charge in [0.05, 0.1) is 5.60 Å². The summed E-state index contributed by atoms with van der Waals surface area (Å²) >= 11 is 0. The van der Waals surface area contributed by atoms with Crippen LogP contribution in [0.15, 0.2) is 12.7 Å². The molecular weight excluding hydrogens is 128 g/mol. The summed E-state index contributed by atoms with van der Waals surface area (Å²) in [4.78, 5) is 0. The molecular formula is C7H16OSi. The van der Waals surface area contributed by atoms with Crippen LogP contribution in [0.4, 0.5) is 0 Å². The second-order valence-electron chi connectivity index (χ2n) is 2.97. The van der Waals surface area contributed by atoms with Gasteiger partial charge in [0.1, 0.15) is 0 Å². The van der Waals surface area contributed by atoms with Crippen LogP contribution in [0, 0.1) is 0 Å². The van der Waals surface area contributed by atoms with Crippen molar-refractivity contribution in [3.8, 4) is 0 Å². The van der Waals surface area contributed by atoms with E-state index in [2.05, 4.69) is 19.7 Å². The summed E-state index contributed by atoms with van der Waals surface area (Å²) in [6.07, 6.45) is 1.85. The summed E-state index contributed by atoms with van der Waals surface area (Å²) in [6, 6.07) is 0. The molecule has 0 amide bonds. The van der Waals surface area contributed by atoms with Crippen molar-refractivity contribution in [2.45, 2.75) is 32.5 Å². The van der Waals surface area contributed by atoms with Gasteiger partial charge in [0.2, 0.25) is 0 Å². The van der Waals surface area contributed by atoms with Gasteiger partial charge in [-0.25, -0.2) is 0 Å². The third-order valence-electron chi connectivity index (χ3n) is 1.03. The van der Waals surface area contributed by atoms with Crippen LogP contribution in [-0.4, -0.2) is 14.6 Å². The highest BCUT2D eigenvalue weighted by Gasteiger charge is 2.14. The minimum Gasteiger partial charge on any atom is -0.412 e. The Bertz CT molecular complexity index is 97.1. The molecule has 0 saturated heterocycles. The van der Waals surface area contributed by atoms with E-state index >= 15 is 0 Å². The Kier molecular flexibility index (Phi) is 3.15. The molecule has 0 aromatic carbocycles. The van der Waals surface area contributed by atoms with Gasteiger partial charge in [-0.05, 0) is 26.9 Å². The minimum atomic E-state index is -0.884. The zero-order valence-corrected chi connectivity index (χ0v) is 7.92. The Morgan fingerprint density at radius 1 is 1.44 bits per heavy atom. The van der Waals surface area contributed by atoms with Crippen molar-refractivity contribution in [1.29, 1.82) is 0 Å². The molecule has 0 aromatic rings. The van der Waals surface area contributed by atoms with E-state index in [-0.39, 0.29) is 5.60 Å². The molecule has 1 nitrogen and oxygen atoms in total. The summed E-state index contributed by atoms with van der Waals surface area (Å²) in [5.74, 6) is 0. The van der Waals surface area contributed by atoms with Crippen LogP contribution in [0.25, 0.3) is 0 Å². The number of hydrogen-bond acceptors (Lipinski definition) is 1. The largest absolute Gasteiger partial charge is 0.412 e. The zero-order valence-electron chi connectivity index (χ0n) is 6.77. The van der Waals surface area contributed by atoms with E-state index in [4.69, 9.17) is 4.43 Å². The van der Waals surface area contributed by atoms with Crippen LogP contribution in [0.3, 0.4) is 0 Å². The molecule has 0 spiro atoms. The highest BCUT2D eigenvalue weighted by atomic mass is 28.3. The van der Waals surface area contributed by atoms with Crippen molar-refractivity contribution >= 4 is 9.04 Å². The molecule has 9 heavy (non-hydrogen) atoms. The minimum absolute atomic E-state index is 0.111. The summed E-state index contributed by atoms with van der Waals surface area (Å²) in [5.41, 5.74) is -0.111. The van der Waals surface area contributed by atoms with Crippen LogP contribution in [0.1, 0.15) is 13.8 Å². The molecule has 0 aromatic heterocycles. The Morgan fingerprint density at radius 3 is 2.00 bits per heavy atom. The lowest BCUT2D eigenvalue weighted by molar-refractivity contribution is 0.164. The third-order valence-corrected chi connectivity index (χ3v) is 2.11. The Balaban J connectivity index is 3.71. The molecule has 0 rings (SSSR count). The maximum Gasteiger partial charge on any atom is 0.172 e. The molecule has 0 N–H and O–H groups in total. The lowest BCUT2D eigenvalue weighted by Crippen LogP contribution is -2.27. The molecule has 0 bridgehead atoms. The van der Waals surface area contributed by atoms with Gasteiger partial charge in [-0.3, -0.25) is 0 Å². The Hall–Kier alpha value is -0.0831. The lowest BCUT2D eigenvalue weighted by Gasteiger charge is -2.23. The predicted molar refractivity (Wildman–Crippen MR) is 44.2 cm³/mol. The van der Waals surface area contributed by atoms with Crippen LogP contribution in [0.5, 0.6) is 0 Å². The normalized spacial score (nSPS) is 12.1. The average molecular weight is 144 g/mol. The maximum atomic E-state index is 5.61. The van der Waals surface area contributed by atoms with E-state index in [1.165, 1.54) is 0 Å². The van der Waals surface area contributed by atoms with Gasteiger partial charge >= 0.3 is 0 Å². The molecule has 0 unspecified atom stereocenters. The molecule has 0 radical (unpaired) electrons. The molecule has 0 fully saturated rings. The summed E-state index contributed by atoms with van der Waals surface area (Å²) < 4.78 is 5.61. The second-order valence-corrected chi connectivity index (χ2v) is 5.31. The standard InChI is InChI=1S/C7H16OSi/c1-6-7(2,3)8-9(4)5/h6,9H,1H2,2-5H3. The number of rotatable bonds is 3. The monoisotopic (exact) mass is 144 g/mol. The summed E-state index contributed by atoms with van der Waals surface area (Å²) in [7, 11) is -0.884. The first-order chi connectivity index (χ1) is 3.98. The fourth-order valence-corrected chi connectivity index (χ4v) is 1.97. The van der Waals surface area contributed by atoms with Crippen LogP contribution < -0.4 is 0 Å². The molecule has 54 valence electrons.